The van der Waals surface area contributed by atoms with Gasteiger partial charge in [0.25, 0.3) is 0 Å². The highest BCUT2D eigenvalue weighted by Crippen LogP contribution is 2.30. The van der Waals surface area contributed by atoms with Gasteiger partial charge in [0.05, 0.1) is 27.9 Å². The zero-order valence-corrected chi connectivity index (χ0v) is 11.2. The van der Waals surface area contributed by atoms with Crippen LogP contribution in [0.25, 0.3) is 16.7 Å². The van der Waals surface area contributed by atoms with Gasteiger partial charge in [-0.15, -0.1) is 0 Å². The fraction of sp³-hybridized carbons (Fsp3) is 0. The van der Waals surface area contributed by atoms with Gasteiger partial charge in [0.15, 0.2) is 5.82 Å². The van der Waals surface area contributed by atoms with Crippen LogP contribution >= 0.6 is 11.6 Å². The highest BCUT2D eigenvalue weighted by Gasteiger charge is 2.17. The van der Waals surface area contributed by atoms with Crippen molar-refractivity contribution in [2.45, 2.75) is 0 Å². The van der Waals surface area contributed by atoms with E-state index in [9.17, 15) is 8.78 Å². The van der Waals surface area contributed by atoms with Crippen LogP contribution < -0.4 is 5.73 Å². The molecular formula is C14H7ClF2N4. The summed E-state index contributed by atoms with van der Waals surface area (Å²) in [5.74, 6) is -1.62. The first-order valence-corrected chi connectivity index (χ1v) is 6.22. The zero-order valence-electron chi connectivity index (χ0n) is 10.4. The Balaban J connectivity index is 2.41. The number of rotatable bonds is 1. The number of benzene rings is 2. The van der Waals surface area contributed by atoms with E-state index in [0.717, 1.165) is 12.1 Å². The van der Waals surface area contributed by atoms with E-state index in [1.807, 2.05) is 6.07 Å². The predicted octanol–water partition coefficient (Wildman–Crippen LogP) is 3.41. The summed E-state index contributed by atoms with van der Waals surface area (Å²) in [4.78, 5) is 3.88. The lowest BCUT2D eigenvalue weighted by molar-refractivity contribution is 0.590. The van der Waals surface area contributed by atoms with Gasteiger partial charge in [-0.1, -0.05) is 11.6 Å². The number of nitrogen functional groups attached to an aromatic ring is 1. The SMILES string of the molecule is N#Cc1ccc(Cl)c(-n2c(N)nc3c(F)cc(F)cc32)c1. The molecule has 0 amide bonds. The standard InChI is InChI=1S/C14H7ClF2N4/c15-9-2-1-7(6-18)3-11(9)21-12-5-8(16)4-10(17)13(12)20-14(21)19/h1-5H,(H2,19,20). The summed E-state index contributed by atoms with van der Waals surface area (Å²) in [7, 11) is 0. The summed E-state index contributed by atoms with van der Waals surface area (Å²) in [6.07, 6.45) is 0. The van der Waals surface area contributed by atoms with E-state index in [0.29, 0.717) is 11.3 Å². The molecule has 0 radical (unpaired) electrons. The minimum absolute atomic E-state index is 0.0495. The van der Waals surface area contributed by atoms with Gasteiger partial charge < -0.3 is 5.73 Å². The van der Waals surface area contributed by atoms with Crippen molar-refractivity contribution in [1.82, 2.24) is 9.55 Å². The molecule has 0 saturated heterocycles. The summed E-state index contributed by atoms with van der Waals surface area (Å²) < 4.78 is 28.5. The van der Waals surface area contributed by atoms with Crippen molar-refractivity contribution >= 4 is 28.6 Å². The molecule has 7 heteroatoms. The average molecular weight is 305 g/mol. The number of imidazole rings is 1. The van der Waals surface area contributed by atoms with Crippen LogP contribution in [0.3, 0.4) is 0 Å². The molecule has 0 saturated carbocycles. The number of nitriles is 1. The van der Waals surface area contributed by atoms with E-state index >= 15 is 0 Å². The van der Waals surface area contributed by atoms with E-state index in [2.05, 4.69) is 4.98 Å². The van der Waals surface area contributed by atoms with Crippen LogP contribution in [0.2, 0.25) is 5.02 Å². The normalized spacial score (nSPS) is 10.8. The molecular weight excluding hydrogens is 298 g/mol. The average Bonchev–Trinajstić information content (AvgIpc) is 2.76. The molecule has 2 aromatic carbocycles. The van der Waals surface area contributed by atoms with Crippen LogP contribution in [0.1, 0.15) is 5.56 Å². The molecule has 21 heavy (non-hydrogen) atoms. The van der Waals surface area contributed by atoms with E-state index in [4.69, 9.17) is 22.6 Å². The Bertz CT molecular complexity index is 911. The Morgan fingerprint density at radius 3 is 2.71 bits per heavy atom. The Hall–Kier alpha value is -2.65. The highest BCUT2D eigenvalue weighted by atomic mass is 35.5. The van der Waals surface area contributed by atoms with E-state index < -0.39 is 11.6 Å². The van der Waals surface area contributed by atoms with Crippen molar-refractivity contribution in [2.24, 2.45) is 0 Å². The van der Waals surface area contributed by atoms with Crippen molar-refractivity contribution < 1.29 is 8.78 Å². The minimum Gasteiger partial charge on any atom is -0.369 e. The van der Waals surface area contributed by atoms with Crippen molar-refractivity contribution in [3.05, 3.63) is 52.6 Å². The molecule has 1 heterocycles. The smallest absolute Gasteiger partial charge is 0.206 e. The third-order valence-corrected chi connectivity index (χ3v) is 3.34. The number of halogens is 3. The first-order valence-electron chi connectivity index (χ1n) is 5.84. The molecule has 3 aromatic rings. The molecule has 0 aliphatic heterocycles. The number of hydrogen-bond acceptors (Lipinski definition) is 3. The number of fused-ring (bicyclic) bond motifs is 1. The Morgan fingerprint density at radius 1 is 1.24 bits per heavy atom. The second kappa shape index (κ2) is 4.72. The topological polar surface area (TPSA) is 67.6 Å². The fourth-order valence-electron chi connectivity index (χ4n) is 2.13. The van der Waals surface area contributed by atoms with Gasteiger partial charge in [0, 0.05) is 12.1 Å². The molecule has 0 spiro atoms. The fourth-order valence-corrected chi connectivity index (χ4v) is 2.33. The summed E-state index contributed by atoms with van der Waals surface area (Å²) in [5.41, 5.74) is 6.54. The summed E-state index contributed by atoms with van der Waals surface area (Å²) in [5, 5.41) is 9.23. The molecule has 0 aliphatic rings. The van der Waals surface area contributed by atoms with Crippen molar-refractivity contribution in [1.29, 1.82) is 5.26 Å². The zero-order chi connectivity index (χ0) is 15.1. The van der Waals surface area contributed by atoms with Gasteiger partial charge in [-0.25, -0.2) is 13.8 Å². The third kappa shape index (κ3) is 2.08. The Morgan fingerprint density at radius 2 is 2.00 bits per heavy atom. The van der Waals surface area contributed by atoms with Crippen LogP contribution in [-0.4, -0.2) is 9.55 Å². The molecule has 4 nitrogen and oxygen atoms in total. The molecule has 0 aliphatic carbocycles. The first kappa shape index (κ1) is 13.3. The first-order chi connectivity index (χ1) is 10.0. The molecule has 0 fully saturated rings. The van der Waals surface area contributed by atoms with Crippen LogP contribution in [-0.2, 0) is 0 Å². The van der Waals surface area contributed by atoms with Crippen molar-refractivity contribution in [2.75, 3.05) is 5.73 Å². The molecule has 3 rings (SSSR count). The lowest BCUT2D eigenvalue weighted by Crippen LogP contribution is -2.02. The van der Waals surface area contributed by atoms with Crippen LogP contribution in [0.5, 0.6) is 0 Å². The van der Waals surface area contributed by atoms with Crippen LogP contribution in [0, 0.1) is 23.0 Å². The Kier molecular flexibility index (Phi) is 3.00. The third-order valence-electron chi connectivity index (χ3n) is 3.02. The second-order valence-corrected chi connectivity index (χ2v) is 4.75. The van der Waals surface area contributed by atoms with Gasteiger partial charge in [-0.3, -0.25) is 4.57 Å². The van der Waals surface area contributed by atoms with Crippen LogP contribution in [0.15, 0.2) is 30.3 Å². The highest BCUT2D eigenvalue weighted by molar-refractivity contribution is 6.32. The maximum atomic E-state index is 13.7. The van der Waals surface area contributed by atoms with E-state index in [1.165, 1.54) is 22.8 Å². The van der Waals surface area contributed by atoms with Gasteiger partial charge in [-0.2, -0.15) is 5.26 Å². The monoisotopic (exact) mass is 304 g/mol. The van der Waals surface area contributed by atoms with Crippen molar-refractivity contribution in [3.8, 4) is 11.8 Å². The minimum atomic E-state index is -0.817. The van der Waals surface area contributed by atoms with Gasteiger partial charge in [0.1, 0.15) is 11.3 Å². The molecule has 2 N–H and O–H groups in total. The largest absolute Gasteiger partial charge is 0.369 e. The number of nitrogens with zero attached hydrogens (tertiary/aromatic N) is 3. The van der Waals surface area contributed by atoms with Crippen LogP contribution in [0.4, 0.5) is 14.7 Å². The summed E-state index contributed by atoms with van der Waals surface area (Å²) in [6, 6.07) is 8.32. The maximum absolute atomic E-state index is 13.7. The molecule has 104 valence electrons. The molecule has 1 aromatic heterocycles. The second-order valence-electron chi connectivity index (χ2n) is 4.34. The molecule has 0 bridgehead atoms. The molecule has 0 atom stereocenters. The van der Waals surface area contributed by atoms with Gasteiger partial charge in [-0.05, 0) is 18.2 Å². The summed E-state index contributed by atoms with van der Waals surface area (Å²) >= 11 is 6.10. The lowest BCUT2D eigenvalue weighted by atomic mass is 10.2. The Labute approximate surface area is 123 Å². The number of hydrogen-bond donors (Lipinski definition) is 1. The predicted molar refractivity (Wildman–Crippen MR) is 75.1 cm³/mol. The number of anilines is 1. The number of nitrogens with two attached hydrogens (primary N) is 1. The van der Waals surface area contributed by atoms with Gasteiger partial charge in [0.2, 0.25) is 5.95 Å². The molecule has 0 unspecified atom stereocenters. The van der Waals surface area contributed by atoms with E-state index in [1.54, 1.807) is 0 Å². The lowest BCUT2D eigenvalue weighted by Gasteiger charge is -2.09. The number of aromatic nitrogens is 2. The van der Waals surface area contributed by atoms with Gasteiger partial charge >= 0.3 is 0 Å². The maximum Gasteiger partial charge on any atom is 0.206 e. The quantitative estimate of drug-likeness (QED) is 0.749. The summed E-state index contributed by atoms with van der Waals surface area (Å²) in [6.45, 7) is 0. The van der Waals surface area contributed by atoms with Crippen molar-refractivity contribution in [3.63, 3.8) is 0 Å². The van der Waals surface area contributed by atoms with E-state index in [-0.39, 0.29) is 22.0 Å².